The lowest BCUT2D eigenvalue weighted by molar-refractivity contribution is -0.125. The fourth-order valence-electron chi connectivity index (χ4n) is 4.18. The number of ether oxygens (including phenoxy) is 1. The van der Waals surface area contributed by atoms with Crippen molar-refractivity contribution in [3.63, 3.8) is 0 Å². The van der Waals surface area contributed by atoms with E-state index in [1.807, 2.05) is 24.3 Å². The van der Waals surface area contributed by atoms with E-state index in [1.165, 1.54) is 12.5 Å². The zero-order chi connectivity index (χ0) is 20.8. The lowest BCUT2D eigenvalue weighted by Gasteiger charge is -2.20. The molecule has 1 saturated carbocycles. The first-order valence-corrected chi connectivity index (χ1v) is 10.8. The standard InChI is InChI=1S/C24H28FN3O2/c25-19-10-4-7-13-22(19)30-17-16-28-21-12-6-5-11-20(21)27-23(28)14-15-26-24(29)18-8-2-1-3-9-18/h4-7,10-13,18H,1-3,8-9,14-17H2,(H,26,29). The van der Waals surface area contributed by atoms with Crippen LogP contribution in [-0.4, -0.2) is 28.6 Å². The average molecular weight is 410 g/mol. The molecule has 0 atom stereocenters. The number of nitrogens with zero attached hydrogens (tertiary/aromatic N) is 2. The molecule has 30 heavy (non-hydrogen) atoms. The van der Waals surface area contributed by atoms with E-state index in [1.54, 1.807) is 18.2 Å². The molecule has 3 aromatic rings. The Morgan fingerprint density at radius 1 is 1.10 bits per heavy atom. The highest BCUT2D eigenvalue weighted by Crippen LogP contribution is 2.23. The van der Waals surface area contributed by atoms with Crippen LogP contribution in [0.4, 0.5) is 4.39 Å². The Balaban J connectivity index is 1.39. The predicted molar refractivity (Wildman–Crippen MR) is 115 cm³/mol. The lowest BCUT2D eigenvalue weighted by atomic mass is 9.89. The molecule has 4 rings (SSSR count). The molecular formula is C24H28FN3O2. The largest absolute Gasteiger partial charge is 0.489 e. The zero-order valence-electron chi connectivity index (χ0n) is 17.1. The van der Waals surface area contributed by atoms with Gasteiger partial charge in [0.1, 0.15) is 12.4 Å². The van der Waals surface area contributed by atoms with Gasteiger partial charge in [-0.05, 0) is 37.1 Å². The smallest absolute Gasteiger partial charge is 0.223 e. The second kappa shape index (κ2) is 9.74. The van der Waals surface area contributed by atoms with Crippen LogP contribution in [0.25, 0.3) is 11.0 Å². The Morgan fingerprint density at radius 2 is 1.87 bits per heavy atom. The van der Waals surface area contributed by atoms with Gasteiger partial charge in [0.25, 0.3) is 0 Å². The number of hydrogen-bond acceptors (Lipinski definition) is 3. The van der Waals surface area contributed by atoms with Crippen LogP contribution >= 0.6 is 0 Å². The van der Waals surface area contributed by atoms with Gasteiger partial charge in [-0.1, -0.05) is 43.5 Å². The van der Waals surface area contributed by atoms with Gasteiger partial charge in [-0.3, -0.25) is 4.79 Å². The third kappa shape index (κ3) is 4.81. The van der Waals surface area contributed by atoms with Crippen LogP contribution in [-0.2, 0) is 17.8 Å². The number of para-hydroxylation sites is 3. The van der Waals surface area contributed by atoms with Crippen molar-refractivity contribution < 1.29 is 13.9 Å². The number of rotatable bonds is 8. The van der Waals surface area contributed by atoms with Gasteiger partial charge < -0.3 is 14.6 Å². The van der Waals surface area contributed by atoms with Crippen molar-refractivity contribution in [3.8, 4) is 5.75 Å². The summed E-state index contributed by atoms with van der Waals surface area (Å²) < 4.78 is 21.5. The summed E-state index contributed by atoms with van der Waals surface area (Å²) in [5.74, 6) is 1.12. The Morgan fingerprint density at radius 3 is 2.70 bits per heavy atom. The molecule has 1 aliphatic carbocycles. The maximum Gasteiger partial charge on any atom is 0.223 e. The first-order chi connectivity index (χ1) is 14.7. The number of aromatic nitrogens is 2. The molecular weight excluding hydrogens is 381 g/mol. The van der Waals surface area contributed by atoms with E-state index in [9.17, 15) is 9.18 Å². The molecule has 1 aliphatic rings. The van der Waals surface area contributed by atoms with Gasteiger partial charge >= 0.3 is 0 Å². The maximum absolute atomic E-state index is 13.8. The number of hydrogen-bond donors (Lipinski definition) is 1. The third-order valence-corrected chi connectivity index (χ3v) is 5.77. The van der Waals surface area contributed by atoms with E-state index in [2.05, 4.69) is 9.88 Å². The summed E-state index contributed by atoms with van der Waals surface area (Å²) in [5.41, 5.74) is 1.93. The minimum absolute atomic E-state index is 0.159. The van der Waals surface area contributed by atoms with Gasteiger partial charge in [0, 0.05) is 18.9 Å². The number of carbonyl (C=O) groups excluding carboxylic acids is 1. The molecule has 0 unspecified atom stereocenters. The number of nitrogens with one attached hydrogen (secondary N) is 1. The summed E-state index contributed by atoms with van der Waals surface area (Å²) in [6.07, 6.45) is 6.18. The van der Waals surface area contributed by atoms with Crippen LogP contribution in [0.2, 0.25) is 0 Å². The molecule has 6 heteroatoms. The Kier molecular flexibility index (Phi) is 6.62. The van der Waals surface area contributed by atoms with Crippen molar-refractivity contribution in [2.75, 3.05) is 13.2 Å². The molecule has 0 bridgehead atoms. The van der Waals surface area contributed by atoms with E-state index in [4.69, 9.17) is 9.72 Å². The number of amides is 1. The number of imidazole rings is 1. The molecule has 0 saturated heterocycles. The Bertz CT molecular complexity index is 995. The second-order valence-electron chi connectivity index (χ2n) is 7.82. The first-order valence-electron chi connectivity index (χ1n) is 10.8. The summed E-state index contributed by atoms with van der Waals surface area (Å²) >= 11 is 0. The molecule has 2 aromatic carbocycles. The Hall–Kier alpha value is -2.89. The van der Waals surface area contributed by atoms with Crippen molar-refractivity contribution in [3.05, 3.63) is 60.2 Å². The highest BCUT2D eigenvalue weighted by atomic mass is 19.1. The van der Waals surface area contributed by atoms with Crippen molar-refractivity contribution in [2.24, 2.45) is 5.92 Å². The molecule has 5 nitrogen and oxygen atoms in total. The van der Waals surface area contributed by atoms with Gasteiger partial charge in [0.15, 0.2) is 11.6 Å². The third-order valence-electron chi connectivity index (χ3n) is 5.77. The SMILES string of the molecule is O=C(NCCc1nc2ccccc2n1CCOc1ccccc1F)C1CCCCC1. The van der Waals surface area contributed by atoms with E-state index < -0.39 is 0 Å². The van der Waals surface area contributed by atoms with Gasteiger partial charge in [-0.15, -0.1) is 0 Å². The van der Waals surface area contributed by atoms with Crippen LogP contribution in [0.5, 0.6) is 5.75 Å². The van der Waals surface area contributed by atoms with E-state index in [0.29, 0.717) is 26.1 Å². The molecule has 158 valence electrons. The molecule has 1 fully saturated rings. The lowest BCUT2D eigenvalue weighted by Crippen LogP contribution is -2.33. The van der Waals surface area contributed by atoms with Gasteiger partial charge in [0.2, 0.25) is 5.91 Å². The van der Waals surface area contributed by atoms with Gasteiger partial charge in [0.05, 0.1) is 17.6 Å². The topological polar surface area (TPSA) is 56.2 Å². The zero-order valence-corrected chi connectivity index (χ0v) is 17.1. The minimum Gasteiger partial charge on any atom is -0.489 e. The number of fused-ring (bicyclic) bond motifs is 1. The molecule has 1 amide bonds. The number of halogens is 1. The van der Waals surface area contributed by atoms with Crippen molar-refractivity contribution in [2.45, 2.75) is 45.1 Å². The fourth-order valence-corrected chi connectivity index (χ4v) is 4.18. The predicted octanol–water partition coefficient (Wildman–Crippen LogP) is 4.49. The van der Waals surface area contributed by atoms with Crippen LogP contribution in [0.1, 0.15) is 37.9 Å². The highest BCUT2D eigenvalue weighted by molar-refractivity contribution is 5.78. The summed E-state index contributed by atoms with van der Waals surface area (Å²) in [4.78, 5) is 17.2. The van der Waals surface area contributed by atoms with Crippen molar-refractivity contribution in [1.82, 2.24) is 14.9 Å². The van der Waals surface area contributed by atoms with Crippen molar-refractivity contribution >= 4 is 16.9 Å². The van der Waals surface area contributed by atoms with Crippen LogP contribution in [0, 0.1) is 11.7 Å². The first kappa shape index (κ1) is 20.4. The molecule has 1 N–H and O–H groups in total. The quantitative estimate of drug-likeness (QED) is 0.596. The molecule has 0 aliphatic heterocycles. The van der Waals surface area contributed by atoms with Crippen LogP contribution in [0.15, 0.2) is 48.5 Å². The molecule has 1 heterocycles. The Labute approximate surface area is 176 Å². The molecule has 0 radical (unpaired) electrons. The van der Waals surface area contributed by atoms with Gasteiger partial charge in [-0.2, -0.15) is 0 Å². The summed E-state index contributed by atoms with van der Waals surface area (Å²) in [7, 11) is 0. The summed E-state index contributed by atoms with van der Waals surface area (Å²) in [6.45, 7) is 1.45. The minimum atomic E-state index is -0.362. The monoisotopic (exact) mass is 409 g/mol. The number of carbonyl (C=O) groups is 1. The normalized spacial score (nSPS) is 14.7. The maximum atomic E-state index is 13.8. The average Bonchev–Trinajstić information content (AvgIpc) is 3.13. The summed E-state index contributed by atoms with van der Waals surface area (Å²) in [6, 6.07) is 14.4. The molecule has 1 aromatic heterocycles. The second-order valence-corrected chi connectivity index (χ2v) is 7.82. The highest BCUT2D eigenvalue weighted by Gasteiger charge is 2.20. The number of benzene rings is 2. The van der Waals surface area contributed by atoms with E-state index in [0.717, 1.165) is 42.5 Å². The molecule has 0 spiro atoms. The fraction of sp³-hybridized carbons (Fsp3) is 0.417. The summed E-state index contributed by atoms with van der Waals surface area (Å²) in [5, 5.41) is 3.09. The van der Waals surface area contributed by atoms with E-state index in [-0.39, 0.29) is 23.4 Å². The van der Waals surface area contributed by atoms with Gasteiger partial charge in [-0.25, -0.2) is 9.37 Å². The van der Waals surface area contributed by atoms with Crippen LogP contribution < -0.4 is 10.1 Å². The van der Waals surface area contributed by atoms with Crippen LogP contribution in [0.3, 0.4) is 0 Å². The van der Waals surface area contributed by atoms with Crippen molar-refractivity contribution in [1.29, 1.82) is 0 Å². The van der Waals surface area contributed by atoms with E-state index >= 15 is 0 Å².